The normalized spacial score (nSPS) is 10.3. The molecule has 0 saturated heterocycles. The summed E-state index contributed by atoms with van der Waals surface area (Å²) in [4.78, 5) is 24.8. The van der Waals surface area contributed by atoms with E-state index >= 15 is 0 Å². The molecule has 0 aliphatic rings. The van der Waals surface area contributed by atoms with Crippen LogP contribution in [0.15, 0.2) is 24.4 Å². The number of carbonyl (C=O) groups is 2. The molecule has 1 aromatic rings. The minimum atomic E-state index is -1.09. The smallest absolute Gasteiger partial charge is 0.328 e. The standard InChI is InChI=1S/C9H8N2O3/c10-9(14)8-6(2-1-5-11-8)3-4-7(12)13/h1-5H,(H2,10,14)(H,12,13)/b4-3+. The molecule has 0 spiro atoms. The van der Waals surface area contributed by atoms with Crippen LogP contribution in [0.1, 0.15) is 16.1 Å². The van der Waals surface area contributed by atoms with Gasteiger partial charge in [0.2, 0.25) is 0 Å². The summed E-state index contributed by atoms with van der Waals surface area (Å²) >= 11 is 0. The third-order valence-electron chi connectivity index (χ3n) is 1.48. The first-order valence-corrected chi connectivity index (χ1v) is 3.77. The molecule has 0 fully saturated rings. The molecule has 1 heterocycles. The minimum absolute atomic E-state index is 0.0602. The maximum Gasteiger partial charge on any atom is 0.328 e. The molecule has 72 valence electrons. The van der Waals surface area contributed by atoms with Gasteiger partial charge in [-0.05, 0) is 12.1 Å². The summed E-state index contributed by atoms with van der Waals surface area (Å²) in [6.45, 7) is 0. The molecular weight excluding hydrogens is 184 g/mol. The summed E-state index contributed by atoms with van der Waals surface area (Å²) < 4.78 is 0. The second kappa shape index (κ2) is 4.18. The van der Waals surface area contributed by atoms with E-state index < -0.39 is 11.9 Å². The number of amides is 1. The van der Waals surface area contributed by atoms with Gasteiger partial charge in [-0.25, -0.2) is 4.79 Å². The lowest BCUT2D eigenvalue weighted by Gasteiger charge is -1.98. The quantitative estimate of drug-likeness (QED) is 0.672. The molecule has 1 aromatic heterocycles. The highest BCUT2D eigenvalue weighted by Gasteiger charge is 2.05. The fourth-order valence-corrected chi connectivity index (χ4v) is 0.919. The van der Waals surface area contributed by atoms with Crippen LogP contribution < -0.4 is 5.73 Å². The summed E-state index contributed by atoms with van der Waals surface area (Å²) in [5.41, 5.74) is 5.49. The van der Waals surface area contributed by atoms with Crippen molar-refractivity contribution in [3.63, 3.8) is 0 Å². The Bertz CT molecular complexity index is 399. The Morgan fingerprint density at radius 3 is 2.79 bits per heavy atom. The lowest BCUT2D eigenvalue weighted by molar-refractivity contribution is -0.131. The maximum atomic E-state index is 10.8. The SMILES string of the molecule is NC(=O)c1ncccc1/C=C/C(=O)O. The van der Waals surface area contributed by atoms with Crippen LogP contribution in [-0.2, 0) is 4.79 Å². The number of hydrogen-bond acceptors (Lipinski definition) is 3. The summed E-state index contributed by atoms with van der Waals surface area (Å²) in [5.74, 6) is -1.78. The number of pyridine rings is 1. The van der Waals surface area contributed by atoms with Crippen molar-refractivity contribution < 1.29 is 14.7 Å². The van der Waals surface area contributed by atoms with Gasteiger partial charge in [0.15, 0.2) is 0 Å². The van der Waals surface area contributed by atoms with Gasteiger partial charge in [-0.3, -0.25) is 9.78 Å². The molecule has 1 rings (SSSR count). The van der Waals surface area contributed by atoms with E-state index in [9.17, 15) is 9.59 Å². The summed E-state index contributed by atoms with van der Waals surface area (Å²) in [7, 11) is 0. The molecule has 0 aliphatic carbocycles. The second-order valence-electron chi connectivity index (χ2n) is 2.48. The number of aliphatic carboxylic acids is 1. The van der Waals surface area contributed by atoms with Gasteiger partial charge in [0, 0.05) is 17.8 Å². The first kappa shape index (κ1) is 9.91. The Morgan fingerprint density at radius 2 is 2.21 bits per heavy atom. The fourth-order valence-electron chi connectivity index (χ4n) is 0.919. The molecule has 0 aromatic carbocycles. The summed E-state index contributed by atoms with van der Waals surface area (Å²) in [6, 6.07) is 3.15. The molecule has 3 N–H and O–H groups in total. The van der Waals surface area contributed by atoms with Crippen LogP contribution in [0, 0.1) is 0 Å². The predicted octanol–water partition coefficient (Wildman–Crippen LogP) is 0.278. The average Bonchev–Trinajstić information content (AvgIpc) is 2.15. The molecule has 0 radical (unpaired) electrons. The van der Waals surface area contributed by atoms with Gasteiger partial charge >= 0.3 is 5.97 Å². The van der Waals surface area contributed by atoms with Gasteiger partial charge in [-0.2, -0.15) is 0 Å². The second-order valence-corrected chi connectivity index (χ2v) is 2.48. The van der Waals surface area contributed by atoms with Crippen LogP contribution in [0.3, 0.4) is 0 Å². The monoisotopic (exact) mass is 192 g/mol. The molecule has 5 nitrogen and oxygen atoms in total. The third kappa shape index (κ3) is 2.41. The Labute approximate surface area is 79.9 Å². The van der Waals surface area contributed by atoms with Crippen LogP contribution in [0.2, 0.25) is 0 Å². The van der Waals surface area contributed by atoms with E-state index in [4.69, 9.17) is 10.8 Å². The number of nitrogens with zero attached hydrogens (tertiary/aromatic N) is 1. The zero-order valence-corrected chi connectivity index (χ0v) is 7.18. The molecule has 0 aliphatic heterocycles. The number of aromatic nitrogens is 1. The van der Waals surface area contributed by atoms with E-state index in [-0.39, 0.29) is 5.69 Å². The van der Waals surface area contributed by atoms with E-state index in [1.807, 2.05) is 0 Å². The van der Waals surface area contributed by atoms with Gasteiger partial charge in [0.25, 0.3) is 5.91 Å². The largest absolute Gasteiger partial charge is 0.478 e. The number of primary amides is 1. The van der Waals surface area contributed by atoms with Crippen LogP contribution in [0.4, 0.5) is 0 Å². The molecular formula is C9H8N2O3. The van der Waals surface area contributed by atoms with E-state index in [1.54, 1.807) is 12.1 Å². The average molecular weight is 192 g/mol. The van der Waals surface area contributed by atoms with Crippen LogP contribution in [0.25, 0.3) is 6.08 Å². The molecule has 0 atom stereocenters. The first-order valence-electron chi connectivity index (χ1n) is 3.77. The van der Waals surface area contributed by atoms with Gasteiger partial charge < -0.3 is 10.8 Å². The van der Waals surface area contributed by atoms with Crippen molar-refractivity contribution in [2.45, 2.75) is 0 Å². The molecule has 0 saturated carbocycles. The van der Waals surface area contributed by atoms with E-state index in [1.165, 1.54) is 12.3 Å². The van der Waals surface area contributed by atoms with Crippen molar-refractivity contribution in [1.82, 2.24) is 4.98 Å². The van der Waals surface area contributed by atoms with E-state index in [0.29, 0.717) is 5.56 Å². The number of carboxylic acids is 1. The molecule has 5 heteroatoms. The highest BCUT2D eigenvalue weighted by atomic mass is 16.4. The van der Waals surface area contributed by atoms with Gasteiger partial charge in [-0.15, -0.1) is 0 Å². The van der Waals surface area contributed by atoms with Crippen molar-refractivity contribution in [1.29, 1.82) is 0 Å². The topological polar surface area (TPSA) is 93.3 Å². The van der Waals surface area contributed by atoms with Gasteiger partial charge in [-0.1, -0.05) is 6.07 Å². The lowest BCUT2D eigenvalue weighted by Crippen LogP contribution is -2.14. The third-order valence-corrected chi connectivity index (χ3v) is 1.48. The lowest BCUT2D eigenvalue weighted by atomic mass is 10.1. The predicted molar refractivity (Wildman–Crippen MR) is 49.4 cm³/mol. The zero-order valence-electron chi connectivity index (χ0n) is 7.18. The Morgan fingerprint density at radius 1 is 1.50 bits per heavy atom. The van der Waals surface area contributed by atoms with Gasteiger partial charge in [0.05, 0.1) is 0 Å². The van der Waals surface area contributed by atoms with Crippen LogP contribution in [0.5, 0.6) is 0 Å². The summed E-state index contributed by atoms with van der Waals surface area (Å²) in [5, 5.41) is 8.38. The fraction of sp³-hybridized carbons (Fsp3) is 0. The number of hydrogen-bond donors (Lipinski definition) is 2. The van der Waals surface area contributed by atoms with Crippen molar-refractivity contribution >= 4 is 18.0 Å². The van der Waals surface area contributed by atoms with Crippen molar-refractivity contribution in [2.75, 3.05) is 0 Å². The van der Waals surface area contributed by atoms with E-state index in [2.05, 4.69) is 4.98 Å². The van der Waals surface area contributed by atoms with Crippen LogP contribution >= 0.6 is 0 Å². The van der Waals surface area contributed by atoms with Gasteiger partial charge in [0.1, 0.15) is 5.69 Å². The molecule has 1 amide bonds. The number of carboxylic acid groups (broad SMARTS) is 1. The maximum absolute atomic E-state index is 10.8. The Balaban J connectivity index is 3.07. The van der Waals surface area contributed by atoms with Crippen molar-refractivity contribution in [2.24, 2.45) is 5.73 Å². The number of carbonyl (C=O) groups excluding carboxylic acids is 1. The van der Waals surface area contributed by atoms with Crippen molar-refractivity contribution in [3.05, 3.63) is 35.7 Å². The Kier molecular flexibility index (Phi) is 2.96. The first-order chi connectivity index (χ1) is 6.61. The highest BCUT2D eigenvalue weighted by Crippen LogP contribution is 2.06. The zero-order chi connectivity index (χ0) is 10.6. The molecule has 0 bridgehead atoms. The minimum Gasteiger partial charge on any atom is -0.478 e. The number of rotatable bonds is 3. The number of nitrogens with two attached hydrogens (primary N) is 1. The van der Waals surface area contributed by atoms with Crippen molar-refractivity contribution in [3.8, 4) is 0 Å². The van der Waals surface area contributed by atoms with Crippen LogP contribution in [-0.4, -0.2) is 22.0 Å². The molecule has 14 heavy (non-hydrogen) atoms. The summed E-state index contributed by atoms with van der Waals surface area (Å²) in [6.07, 6.45) is 3.61. The highest BCUT2D eigenvalue weighted by molar-refractivity contribution is 5.96. The Hall–Kier alpha value is -2.17. The van der Waals surface area contributed by atoms with E-state index in [0.717, 1.165) is 6.08 Å². The molecule has 0 unspecified atom stereocenters.